The number of piperidine rings is 1. The van der Waals surface area contributed by atoms with Crippen LogP contribution in [0.1, 0.15) is 47.0 Å². The summed E-state index contributed by atoms with van der Waals surface area (Å²) >= 11 is 0. The number of likely N-dealkylation sites (N-methyl/N-ethyl adjacent to an activating group) is 1. The highest BCUT2D eigenvalue weighted by Gasteiger charge is 2.30. The van der Waals surface area contributed by atoms with Crippen LogP contribution in [-0.2, 0) is 22.7 Å². The second-order valence-electron chi connectivity index (χ2n) is 8.65. The number of likely N-dealkylation sites (tertiary alicyclic amines) is 1. The van der Waals surface area contributed by atoms with Crippen LogP contribution in [0.25, 0.3) is 16.8 Å². The Labute approximate surface area is 187 Å². The number of carbonyl (C=O) groups is 2. The summed E-state index contributed by atoms with van der Waals surface area (Å²) in [6, 6.07) is 7.86. The molecular weight excluding hydrogens is 408 g/mol. The molecule has 3 aromatic rings. The molecule has 172 valence electrons. The van der Waals surface area contributed by atoms with E-state index in [-0.39, 0.29) is 42.7 Å². The van der Waals surface area contributed by atoms with Gasteiger partial charge in [0.1, 0.15) is 13.1 Å². The first-order valence-corrected chi connectivity index (χ1v) is 11.5. The fourth-order valence-electron chi connectivity index (χ4n) is 4.96. The summed E-state index contributed by atoms with van der Waals surface area (Å²) in [4.78, 5) is 42.7. The van der Waals surface area contributed by atoms with Crippen LogP contribution < -0.4 is 5.69 Å². The number of carbonyl (C=O) groups excluding carboxylic acids is 2. The van der Waals surface area contributed by atoms with Crippen molar-refractivity contribution in [3.63, 3.8) is 0 Å². The minimum Gasteiger partial charge on any atom is -0.342 e. The Balaban J connectivity index is 1.75. The number of hydrogen-bond donors (Lipinski definition) is 0. The lowest BCUT2D eigenvalue weighted by Gasteiger charge is -2.39. The number of imidazole rings is 1. The Morgan fingerprint density at radius 1 is 1.03 bits per heavy atom. The molecule has 1 aromatic carbocycles. The van der Waals surface area contributed by atoms with Crippen LogP contribution >= 0.6 is 0 Å². The first-order valence-electron chi connectivity index (χ1n) is 11.5. The Kier molecular flexibility index (Phi) is 6.08. The first-order chi connectivity index (χ1) is 15.4. The zero-order valence-corrected chi connectivity index (χ0v) is 19.3. The van der Waals surface area contributed by atoms with Crippen LogP contribution in [0.5, 0.6) is 0 Å². The number of aromatic nitrogens is 4. The molecule has 2 atom stereocenters. The maximum absolute atomic E-state index is 13.3. The number of hydrogen-bond acceptors (Lipinski definition) is 4. The molecule has 9 heteroatoms. The standard InChI is InChI=1S/C23H32N6O3/c1-5-25(6-2)20(30)15-27-23(32)29-19-13-8-7-12-18(19)26(22(29)24-27)14-21(31)28-16(3)10-9-11-17(28)4/h7-8,12-13,16-17H,5-6,9-11,14-15H2,1-4H3. The van der Waals surface area contributed by atoms with Gasteiger partial charge in [-0.05, 0) is 59.1 Å². The van der Waals surface area contributed by atoms with Crippen molar-refractivity contribution >= 4 is 28.6 Å². The van der Waals surface area contributed by atoms with Gasteiger partial charge in [0.15, 0.2) is 0 Å². The van der Waals surface area contributed by atoms with Gasteiger partial charge in [0.2, 0.25) is 17.6 Å². The number of benzene rings is 1. The normalized spacial score (nSPS) is 19.1. The zero-order valence-electron chi connectivity index (χ0n) is 19.3. The molecule has 1 aliphatic rings. The Bertz CT molecular complexity index is 1190. The van der Waals surface area contributed by atoms with E-state index in [0.717, 1.165) is 24.8 Å². The summed E-state index contributed by atoms with van der Waals surface area (Å²) in [7, 11) is 0. The molecule has 0 saturated carbocycles. The van der Waals surface area contributed by atoms with Crippen molar-refractivity contribution in [1.82, 2.24) is 28.5 Å². The fraction of sp³-hybridized carbons (Fsp3) is 0.565. The molecule has 1 aliphatic heterocycles. The molecule has 2 amide bonds. The summed E-state index contributed by atoms with van der Waals surface area (Å²) in [5, 5.41) is 4.49. The summed E-state index contributed by atoms with van der Waals surface area (Å²) in [5.41, 5.74) is 1.09. The van der Waals surface area contributed by atoms with Gasteiger partial charge in [0.25, 0.3) is 0 Å². The third-order valence-corrected chi connectivity index (χ3v) is 6.65. The average molecular weight is 441 g/mol. The molecule has 9 nitrogen and oxygen atoms in total. The molecule has 1 saturated heterocycles. The lowest BCUT2D eigenvalue weighted by molar-refractivity contribution is -0.137. The summed E-state index contributed by atoms with van der Waals surface area (Å²) < 4.78 is 4.50. The van der Waals surface area contributed by atoms with E-state index in [1.54, 1.807) is 9.47 Å². The molecule has 0 N–H and O–H groups in total. The molecule has 0 spiro atoms. The first kappa shape index (κ1) is 22.1. The number of fused-ring (bicyclic) bond motifs is 3. The summed E-state index contributed by atoms with van der Waals surface area (Å²) in [6.45, 7) is 9.13. The maximum Gasteiger partial charge on any atom is 0.352 e. The van der Waals surface area contributed by atoms with E-state index in [1.807, 2.05) is 43.0 Å². The lowest BCUT2D eigenvalue weighted by atomic mass is 9.97. The molecule has 0 aliphatic carbocycles. The predicted molar refractivity (Wildman–Crippen MR) is 122 cm³/mol. The van der Waals surface area contributed by atoms with Gasteiger partial charge in [0.05, 0.1) is 11.0 Å². The molecule has 32 heavy (non-hydrogen) atoms. The van der Waals surface area contributed by atoms with E-state index in [4.69, 9.17) is 0 Å². The van der Waals surface area contributed by atoms with Crippen LogP contribution in [-0.4, -0.2) is 65.5 Å². The SMILES string of the molecule is CCN(CC)C(=O)Cn1nc2n(CC(=O)N3C(C)CCCC3C)c3ccccc3n2c1=O. The Morgan fingerprint density at radius 2 is 1.66 bits per heavy atom. The number of para-hydroxylation sites is 2. The van der Waals surface area contributed by atoms with Crippen LogP contribution in [0.3, 0.4) is 0 Å². The van der Waals surface area contributed by atoms with E-state index >= 15 is 0 Å². The second kappa shape index (κ2) is 8.80. The largest absolute Gasteiger partial charge is 0.352 e. The quantitative estimate of drug-likeness (QED) is 0.588. The van der Waals surface area contributed by atoms with E-state index in [9.17, 15) is 14.4 Å². The summed E-state index contributed by atoms with van der Waals surface area (Å²) in [6.07, 6.45) is 3.13. The van der Waals surface area contributed by atoms with Crippen LogP contribution in [0, 0.1) is 0 Å². The molecule has 1 fully saturated rings. The molecule has 2 aromatic heterocycles. The molecule has 3 heterocycles. The Hall–Kier alpha value is -3.10. The van der Waals surface area contributed by atoms with Gasteiger partial charge in [-0.2, -0.15) is 0 Å². The molecule has 0 radical (unpaired) electrons. The van der Waals surface area contributed by atoms with Crippen LogP contribution in [0.15, 0.2) is 29.1 Å². The van der Waals surface area contributed by atoms with Gasteiger partial charge in [-0.25, -0.2) is 13.9 Å². The van der Waals surface area contributed by atoms with Crippen molar-refractivity contribution in [2.24, 2.45) is 0 Å². The van der Waals surface area contributed by atoms with Gasteiger partial charge in [0, 0.05) is 25.2 Å². The van der Waals surface area contributed by atoms with E-state index in [1.165, 1.54) is 9.08 Å². The van der Waals surface area contributed by atoms with Crippen molar-refractivity contribution in [3.05, 3.63) is 34.7 Å². The van der Waals surface area contributed by atoms with Gasteiger partial charge in [-0.3, -0.25) is 14.2 Å². The van der Waals surface area contributed by atoms with Crippen molar-refractivity contribution in [3.8, 4) is 0 Å². The minimum absolute atomic E-state index is 0.0224. The Morgan fingerprint density at radius 3 is 2.28 bits per heavy atom. The minimum atomic E-state index is -0.373. The molecule has 0 bridgehead atoms. The second-order valence-corrected chi connectivity index (χ2v) is 8.65. The zero-order chi connectivity index (χ0) is 23.0. The highest BCUT2D eigenvalue weighted by molar-refractivity contribution is 5.85. The highest BCUT2D eigenvalue weighted by Crippen LogP contribution is 2.24. The smallest absolute Gasteiger partial charge is 0.342 e. The molecular formula is C23H32N6O3. The van der Waals surface area contributed by atoms with Gasteiger partial charge in [-0.15, -0.1) is 5.10 Å². The third kappa shape index (κ3) is 3.69. The van der Waals surface area contributed by atoms with Crippen LogP contribution in [0.4, 0.5) is 0 Å². The monoisotopic (exact) mass is 440 g/mol. The molecule has 2 unspecified atom stereocenters. The van der Waals surface area contributed by atoms with E-state index < -0.39 is 0 Å². The average Bonchev–Trinajstić information content (AvgIpc) is 3.24. The fourth-order valence-corrected chi connectivity index (χ4v) is 4.96. The third-order valence-electron chi connectivity index (χ3n) is 6.65. The van der Waals surface area contributed by atoms with Crippen molar-refractivity contribution in [1.29, 1.82) is 0 Å². The van der Waals surface area contributed by atoms with E-state index in [2.05, 4.69) is 18.9 Å². The van der Waals surface area contributed by atoms with E-state index in [0.29, 0.717) is 24.4 Å². The number of nitrogens with zero attached hydrogens (tertiary/aromatic N) is 6. The van der Waals surface area contributed by atoms with Crippen molar-refractivity contribution < 1.29 is 9.59 Å². The van der Waals surface area contributed by atoms with Crippen molar-refractivity contribution in [2.45, 2.75) is 72.1 Å². The molecule has 4 rings (SSSR count). The summed E-state index contributed by atoms with van der Waals surface area (Å²) in [5.74, 6) is 0.254. The number of amides is 2. The maximum atomic E-state index is 13.3. The topological polar surface area (TPSA) is 84.8 Å². The van der Waals surface area contributed by atoms with Gasteiger partial charge >= 0.3 is 5.69 Å². The van der Waals surface area contributed by atoms with Crippen molar-refractivity contribution in [2.75, 3.05) is 13.1 Å². The highest BCUT2D eigenvalue weighted by atomic mass is 16.2. The van der Waals surface area contributed by atoms with Gasteiger partial charge < -0.3 is 9.80 Å². The number of rotatable bonds is 6. The predicted octanol–water partition coefficient (Wildman–Crippen LogP) is 2.11. The van der Waals surface area contributed by atoms with Gasteiger partial charge in [-0.1, -0.05) is 12.1 Å². The lowest BCUT2D eigenvalue weighted by Crippen LogP contribution is -2.48. The van der Waals surface area contributed by atoms with Crippen LogP contribution in [0.2, 0.25) is 0 Å².